The molecule has 1 aromatic rings. The van der Waals surface area contributed by atoms with Crippen LogP contribution in [0.3, 0.4) is 0 Å². The molecule has 0 amide bonds. The van der Waals surface area contributed by atoms with E-state index in [1.807, 2.05) is 0 Å². The molecule has 1 aromatic carbocycles. The lowest BCUT2D eigenvalue weighted by molar-refractivity contribution is 0.609. The second kappa shape index (κ2) is 4.14. The van der Waals surface area contributed by atoms with Gasteiger partial charge in [0.25, 0.3) is 0 Å². The maximum Gasteiger partial charge on any atom is 0.00767 e. The van der Waals surface area contributed by atoms with Gasteiger partial charge in [-0.3, -0.25) is 0 Å². The third-order valence-electron chi connectivity index (χ3n) is 3.16. The third-order valence-corrected chi connectivity index (χ3v) is 3.16. The Morgan fingerprint density at radius 2 is 1.43 bits per heavy atom. The topological polar surface area (TPSA) is 26.0 Å². The Morgan fingerprint density at radius 3 is 1.93 bits per heavy atom. The monoisotopic (exact) mass is 191 g/mol. The first-order valence-electron chi connectivity index (χ1n) is 5.26. The number of benzene rings is 1. The summed E-state index contributed by atoms with van der Waals surface area (Å²) in [5.41, 5.74) is 11.4. The van der Waals surface area contributed by atoms with Gasteiger partial charge in [-0.1, -0.05) is 19.1 Å². The highest BCUT2D eigenvalue weighted by Crippen LogP contribution is 2.24. The molecule has 1 rings (SSSR count). The third kappa shape index (κ3) is 2.16. The predicted molar refractivity (Wildman–Crippen MR) is 62.7 cm³/mol. The minimum Gasteiger partial charge on any atom is -0.327 e. The molecule has 2 N–H and O–H groups in total. The molecule has 0 heterocycles. The first-order chi connectivity index (χ1) is 6.43. The molecule has 0 aliphatic rings. The minimum absolute atomic E-state index is 0.218. The van der Waals surface area contributed by atoms with Gasteiger partial charge in [0.05, 0.1) is 0 Å². The van der Waals surface area contributed by atoms with E-state index in [1.54, 1.807) is 0 Å². The van der Waals surface area contributed by atoms with Crippen molar-refractivity contribution in [3.8, 4) is 0 Å². The maximum atomic E-state index is 5.92. The minimum atomic E-state index is 0.218. The van der Waals surface area contributed by atoms with Gasteiger partial charge in [0, 0.05) is 6.04 Å². The van der Waals surface area contributed by atoms with Crippen LogP contribution >= 0.6 is 0 Å². The summed E-state index contributed by atoms with van der Waals surface area (Å²) in [6, 6.07) is 4.75. The van der Waals surface area contributed by atoms with Gasteiger partial charge in [-0.05, 0) is 55.9 Å². The Kier molecular flexibility index (Phi) is 3.33. The van der Waals surface area contributed by atoms with Crippen LogP contribution < -0.4 is 5.73 Å². The van der Waals surface area contributed by atoms with Crippen LogP contribution in [0.2, 0.25) is 0 Å². The van der Waals surface area contributed by atoms with Gasteiger partial charge < -0.3 is 5.73 Å². The van der Waals surface area contributed by atoms with E-state index in [4.69, 9.17) is 5.73 Å². The highest BCUT2D eigenvalue weighted by molar-refractivity contribution is 5.38. The maximum absolute atomic E-state index is 5.92. The van der Waals surface area contributed by atoms with Crippen molar-refractivity contribution in [1.29, 1.82) is 0 Å². The van der Waals surface area contributed by atoms with Crippen molar-refractivity contribution < 1.29 is 0 Å². The summed E-state index contributed by atoms with van der Waals surface area (Å²) in [7, 11) is 0. The first-order valence-corrected chi connectivity index (χ1v) is 5.26. The van der Waals surface area contributed by atoms with Crippen LogP contribution in [0.1, 0.15) is 42.0 Å². The summed E-state index contributed by atoms with van der Waals surface area (Å²) in [6.45, 7) is 10.7. The summed E-state index contributed by atoms with van der Waals surface area (Å²) in [6.07, 6.45) is 0. The van der Waals surface area contributed by atoms with Crippen molar-refractivity contribution in [3.05, 3.63) is 34.4 Å². The zero-order valence-corrected chi connectivity index (χ0v) is 9.89. The van der Waals surface area contributed by atoms with E-state index in [2.05, 4.69) is 46.8 Å². The molecule has 0 spiro atoms. The Balaban J connectivity index is 3.15. The van der Waals surface area contributed by atoms with Crippen LogP contribution in [0, 0.1) is 20.8 Å². The highest BCUT2D eigenvalue weighted by atomic mass is 14.6. The molecule has 2 atom stereocenters. The van der Waals surface area contributed by atoms with Gasteiger partial charge in [0.15, 0.2) is 0 Å². The summed E-state index contributed by atoms with van der Waals surface area (Å²) in [4.78, 5) is 0. The van der Waals surface area contributed by atoms with Crippen LogP contribution in [-0.2, 0) is 0 Å². The van der Waals surface area contributed by atoms with Crippen molar-refractivity contribution in [3.63, 3.8) is 0 Å². The standard InChI is InChI=1S/C13H21N/c1-8-6-10(3)13(7-9(8)2)11(4)12(5)14/h6-7,11-12H,14H2,1-5H3. The summed E-state index contributed by atoms with van der Waals surface area (Å²) >= 11 is 0. The molecule has 0 saturated carbocycles. The zero-order valence-electron chi connectivity index (χ0n) is 9.89. The van der Waals surface area contributed by atoms with Crippen molar-refractivity contribution in [2.24, 2.45) is 5.73 Å². The summed E-state index contributed by atoms with van der Waals surface area (Å²) < 4.78 is 0. The van der Waals surface area contributed by atoms with Crippen molar-refractivity contribution >= 4 is 0 Å². The van der Waals surface area contributed by atoms with Crippen LogP contribution in [0.5, 0.6) is 0 Å². The lowest BCUT2D eigenvalue weighted by Gasteiger charge is -2.19. The first kappa shape index (κ1) is 11.3. The van der Waals surface area contributed by atoms with E-state index in [1.165, 1.54) is 22.3 Å². The highest BCUT2D eigenvalue weighted by Gasteiger charge is 2.13. The molecular formula is C13H21N. The summed E-state index contributed by atoms with van der Waals surface area (Å²) in [5, 5.41) is 0. The van der Waals surface area contributed by atoms with Crippen molar-refractivity contribution in [1.82, 2.24) is 0 Å². The molecular weight excluding hydrogens is 170 g/mol. The number of nitrogens with two attached hydrogens (primary N) is 1. The molecule has 0 aliphatic carbocycles. The largest absolute Gasteiger partial charge is 0.327 e. The average molecular weight is 191 g/mol. The van der Waals surface area contributed by atoms with E-state index >= 15 is 0 Å². The fourth-order valence-corrected chi connectivity index (χ4v) is 1.76. The van der Waals surface area contributed by atoms with Gasteiger partial charge in [-0.15, -0.1) is 0 Å². The molecule has 0 bridgehead atoms. The lowest BCUT2D eigenvalue weighted by Crippen LogP contribution is -2.23. The smallest absolute Gasteiger partial charge is 0.00767 e. The van der Waals surface area contributed by atoms with E-state index < -0.39 is 0 Å². The number of hydrogen-bond donors (Lipinski definition) is 1. The quantitative estimate of drug-likeness (QED) is 0.764. The van der Waals surface area contributed by atoms with Crippen LogP contribution in [0.4, 0.5) is 0 Å². The molecule has 1 nitrogen and oxygen atoms in total. The van der Waals surface area contributed by atoms with E-state index in [9.17, 15) is 0 Å². The number of hydrogen-bond acceptors (Lipinski definition) is 1. The van der Waals surface area contributed by atoms with Crippen molar-refractivity contribution in [2.45, 2.75) is 46.6 Å². The predicted octanol–water partition coefficient (Wildman–Crippen LogP) is 3.06. The normalized spacial score (nSPS) is 15.3. The SMILES string of the molecule is Cc1cc(C)c(C(C)C(C)N)cc1C. The number of rotatable bonds is 2. The molecule has 0 fully saturated rings. The second-order valence-corrected chi connectivity index (χ2v) is 4.44. The van der Waals surface area contributed by atoms with E-state index in [-0.39, 0.29) is 6.04 Å². The molecule has 0 radical (unpaired) electrons. The van der Waals surface area contributed by atoms with Gasteiger partial charge in [-0.2, -0.15) is 0 Å². The molecule has 0 saturated heterocycles. The Bertz CT molecular complexity index is 326. The van der Waals surface area contributed by atoms with Gasteiger partial charge in [0.1, 0.15) is 0 Å². The van der Waals surface area contributed by atoms with Gasteiger partial charge >= 0.3 is 0 Å². The average Bonchev–Trinajstić information content (AvgIpc) is 2.10. The Morgan fingerprint density at radius 1 is 0.929 bits per heavy atom. The van der Waals surface area contributed by atoms with Gasteiger partial charge in [0.2, 0.25) is 0 Å². The van der Waals surface area contributed by atoms with Crippen LogP contribution in [-0.4, -0.2) is 6.04 Å². The number of aryl methyl sites for hydroxylation is 3. The molecule has 0 aliphatic heterocycles. The zero-order chi connectivity index (χ0) is 10.9. The lowest BCUT2D eigenvalue weighted by atomic mass is 9.89. The van der Waals surface area contributed by atoms with Gasteiger partial charge in [-0.25, -0.2) is 0 Å². The van der Waals surface area contributed by atoms with Crippen molar-refractivity contribution in [2.75, 3.05) is 0 Å². The summed E-state index contributed by atoms with van der Waals surface area (Å²) in [5.74, 6) is 0.439. The molecule has 2 unspecified atom stereocenters. The Hall–Kier alpha value is -0.820. The van der Waals surface area contributed by atoms with Crippen LogP contribution in [0.25, 0.3) is 0 Å². The molecule has 14 heavy (non-hydrogen) atoms. The fraction of sp³-hybridized carbons (Fsp3) is 0.538. The second-order valence-electron chi connectivity index (χ2n) is 4.44. The van der Waals surface area contributed by atoms with E-state index in [0.29, 0.717) is 5.92 Å². The molecule has 0 aromatic heterocycles. The fourth-order valence-electron chi connectivity index (χ4n) is 1.76. The molecule has 1 heteroatoms. The van der Waals surface area contributed by atoms with Crippen LogP contribution in [0.15, 0.2) is 12.1 Å². The molecule has 78 valence electrons. The Labute approximate surface area is 87.3 Å². The van der Waals surface area contributed by atoms with E-state index in [0.717, 1.165) is 0 Å².